The van der Waals surface area contributed by atoms with E-state index in [1.807, 2.05) is 33.8 Å². The lowest BCUT2D eigenvalue weighted by molar-refractivity contribution is 0.00578. The minimum atomic E-state index is -1.11. The number of fused-ring (bicyclic) bond motifs is 3. The zero-order valence-electron chi connectivity index (χ0n) is 16.0. The van der Waals surface area contributed by atoms with Gasteiger partial charge in [0.2, 0.25) is 0 Å². The fourth-order valence-corrected chi connectivity index (χ4v) is 4.10. The first-order valence-corrected chi connectivity index (χ1v) is 9.49. The van der Waals surface area contributed by atoms with Crippen molar-refractivity contribution in [2.45, 2.75) is 70.0 Å². The van der Waals surface area contributed by atoms with Gasteiger partial charge in [0, 0.05) is 23.7 Å². The van der Waals surface area contributed by atoms with Gasteiger partial charge in [0.05, 0.1) is 16.7 Å². The molecule has 0 radical (unpaired) electrons. The highest BCUT2D eigenvalue weighted by molar-refractivity contribution is 6.62. The molecule has 1 saturated heterocycles. The summed E-state index contributed by atoms with van der Waals surface area (Å²) >= 11 is 0. The molecular weight excluding hydrogens is 349 g/mol. The molecule has 4 nitrogen and oxygen atoms in total. The van der Waals surface area contributed by atoms with Crippen LogP contribution >= 0.6 is 0 Å². The molecule has 5 rings (SSSR count). The van der Waals surface area contributed by atoms with Gasteiger partial charge in [-0.1, -0.05) is 6.07 Å². The standard InChI is InChI=1S/C20H23BF2N2O2/c1-18(2)19(3,4)27-21(26-18)11-7-12-13-10-25-20(5-6-20)17(23)14(13)9-24-16(12)15(22)8-11/h7-9,17,25H,5-6,10H2,1-4H3. The highest BCUT2D eigenvalue weighted by Gasteiger charge is 2.54. The van der Waals surface area contributed by atoms with Crippen LogP contribution in [0, 0.1) is 5.82 Å². The van der Waals surface area contributed by atoms with Gasteiger partial charge in [-0.25, -0.2) is 8.78 Å². The minimum Gasteiger partial charge on any atom is -0.399 e. The van der Waals surface area contributed by atoms with E-state index in [1.165, 1.54) is 12.3 Å². The molecule has 1 spiro atoms. The molecule has 2 aliphatic heterocycles. The number of nitrogens with zero attached hydrogens (tertiary/aromatic N) is 1. The Bertz CT molecular complexity index is 943. The normalized spacial score (nSPS) is 27.2. The zero-order valence-corrected chi connectivity index (χ0v) is 16.0. The largest absolute Gasteiger partial charge is 0.494 e. The Labute approximate surface area is 157 Å². The van der Waals surface area contributed by atoms with Crippen LogP contribution in [0.5, 0.6) is 0 Å². The van der Waals surface area contributed by atoms with Crippen LogP contribution in [-0.4, -0.2) is 28.8 Å². The first kappa shape index (κ1) is 17.5. The van der Waals surface area contributed by atoms with E-state index in [0.29, 0.717) is 23.0 Å². The summed E-state index contributed by atoms with van der Waals surface area (Å²) in [6.45, 7) is 8.35. The molecule has 3 heterocycles. The summed E-state index contributed by atoms with van der Waals surface area (Å²) in [5.41, 5.74) is 0.741. The van der Waals surface area contributed by atoms with Gasteiger partial charge in [-0.05, 0) is 57.6 Å². The lowest BCUT2D eigenvalue weighted by atomic mass is 9.77. The van der Waals surface area contributed by atoms with Crippen molar-refractivity contribution in [3.8, 4) is 0 Å². The molecule has 1 N–H and O–H groups in total. The third kappa shape index (κ3) is 2.41. The van der Waals surface area contributed by atoms with Gasteiger partial charge >= 0.3 is 7.12 Å². The van der Waals surface area contributed by atoms with Crippen LogP contribution in [0.2, 0.25) is 0 Å². The first-order valence-electron chi connectivity index (χ1n) is 9.49. The van der Waals surface area contributed by atoms with Crippen molar-refractivity contribution in [1.82, 2.24) is 10.3 Å². The van der Waals surface area contributed by atoms with Crippen molar-refractivity contribution < 1.29 is 18.1 Å². The maximum absolute atomic E-state index is 15.0. The van der Waals surface area contributed by atoms with Crippen LogP contribution < -0.4 is 10.8 Å². The van der Waals surface area contributed by atoms with E-state index in [0.717, 1.165) is 18.4 Å². The molecule has 1 atom stereocenters. The molecule has 1 aromatic carbocycles. The second-order valence-corrected chi connectivity index (χ2v) is 9.05. The number of halogens is 2. The molecule has 1 aliphatic carbocycles. The number of benzene rings is 1. The van der Waals surface area contributed by atoms with Crippen molar-refractivity contribution in [2.75, 3.05) is 0 Å². The SMILES string of the molecule is CC1(C)OB(c2cc(F)c3ncc4c(c3c2)CNC2(CC2)C4F)OC1(C)C. The molecule has 0 amide bonds. The molecule has 1 unspecified atom stereocenters. The Morgan fingerprint density at radius 2 is 1.81 bits per heavy atom. The van der Waals surface area contributed by atoms with Gasteiger partial charge in [0.25, 0.3) is 0 Å². The summed E-state index contributed by atoms with van der Waals surface area (Å²) < 4.78 is 42.0. The smallest absolute Gasteiger partial charge is 0.399 e. The third-order valence-corrected chi connectivity index (χ3v) is 6.78. The predicted molar refractivity (Wildman–Crippen MR) is 100 cm³/mol. The number of rotatable bonds is 1. The summed E-state index contributed by atoms with van der Waals surface area (Å²) in [7, 11) is -0.669. The van der Waals surface area contributed by atoms with Crippen molar-refractivity contribution in [1.29, 1.82) is 0 Å². The number of aromatic nitrogens is 1. The Morgan fingerprint density at radius 3 is 2.44 bits per heavy atom. The van der Waals surface area contributed by atoms with Gasteiger partial charge in [0.15, 0.2) is 0 Å². The number of hydrogen-bond donors (Lipinski definition) is 1. The number of hydrogen-bond acceptors (Lipinski definition) is 4. The van der Waals surface area contributed by atoms with Gasteiger partial charge in [-0.2, -0.15) is 0 Å². The Balaban J connectivity index is 1.62. The Morgan fingerprint density at radius 1 is 1.15 bits per heavy atom. The van der Waals surface area contributed by atoms with E-state index >= 15 is 4.39 Å². The summed E-state index contributed by atoms with van der Waals surface area (Å²) in [5.74, 6) is -0.442. The van der Waals surface area contributed by atoms with Crippen molar-refractivity contribution in [3.63, 3.8) is 0 Å². The van der Waals surface area contributed by atoms with Gasteiger partial charge in [-0.15, -0.1) is 0 Å². The van der Waals surface area contributed by atoms with E-state index in [-0.39, 0.29) is 5.52 Å². The van der Waals surface area contributed by atoms with Gasteiger partial charge in [-0.3, -0.25) is 4.98 Å². The van der Waals surface area contributed by atoms with Crippen LogP contribution in [-0.2, 0) is 15.9 Å². The Hall–Kier alpha value is -1.57. The van der Waals surface area contributed by atoms with E-state index < -0.39 is 35.8 Å². The molecule has 27 heavy (non-hydrogen) atoms. The van der Waals surface area contributed by atoms with Crippen LogP contribution in [0.1, 0.15) is 57.8 Å². The van der Waals surface area contributed by atoms with Crippen molar-refractivity contribution >= 4 is 23.5 Å². The maximum atomic E-state index is 15.0. The molecule has 7 heteroatoms. The van der Waals surface area contributed by atoms with E-state index in [1.54, 1.807) is 0 Å². The molecule has 1 aromatic heterocycles. The van der Waals surface area contributed by atoms with Crippen LogP contribution in [0.25, 0.3) is 10.9 Å². The zero-order chi connectivity index (χ0) is 19.2. The van der Waals surface area contributed by atoms with Gasteiger partial charge in [0.1, 0.15) is 17.5 Å². The molecule has 0 bridgehead atoms. The monoisotopic (exact) mass is 372 g/mol. The molecular formula is C20H23BF2N2O2. The Kier molecular flexibility index (Phi) is 3.42. The minimum absolute atomic E-state index is 0.259. The topological polar surface area (TPSA) is 43.4 Å². The van der Waals surface area contributed by atoms with Crippen molar-refractivity contribution in [3.05, 3.63) is 35.3 Å². The second kappa shape index (κ2) is 5.28. The molecule has 142 valence electrons. The summed E-state index contributed by atoms with van der Waals surface area (Å²) in [4.78, 5) is 4.24. The number of alkyl halides is 1. The average molecular weight is 372 g/mol. The predicted octanol–water partition coefficient (Wildman–Crippen LogP) is 3.32. The number of nitrogens with one attached hydrogen (secondary N) is 1. The first-order chi connectivity index (χ1) is 12.6. The fraction of sp³-hybridized carbons (Fsp3) is 0.550. The van der Waals surface area contributed by atoms with E-state index in [4.69, 9.17) is 9.31 Å². The van der Waals surface area contributed by atoms with Crippen LogP contribution in [0.3, 0.4) is 0 Å². The van der Waals surface area contributed by atoms with E-state index in [9.17, 15) is 4.39 Å². The quantitative estimate of drug-likeness (QED) is 0.780. The van der Waals surface area contributed by atoms with Crippen LogP contribution in [0.4, 0.5) is 8.78 Å². The number of pyridine rings is 1. The summed E-state index contributed by atoms with van der Waals surface area (Å²) in [6.07, 6.45) is 2.05. The molecule has 3 aliphatic rings. The summed E-state index contributed by atoms with van der Waals surface area (Å²) in [5, 5.41) is 3.94. The highest BCUT2D eigenvalue weighted by atomic mass is 19.1. The second-order valence-electron chi connectivity index (χ2n) is 9.05. The lowest BCUT2D eigenvalue weighted by Gasteiger charge is -2.32. The highest BCUT2D eigenvalue weighted by Crippen LogP contribution is 2.52. The van der Waals surface area contributed by atoms with Gasteiger partial charge < -0.3 is 14.6 Å². The van der Waals surface area contributed by atoms with E-state index in [2.05, 4.69) is 10.3 Å². The maximum Gasteiger partial charge on any atom is 0.494 e. The lowest BCUT2D eigenvalue weighted by Crippen LogP contribution is -2.41. The summed E-state index contributed by atoms with van der Waals surface area (Å²) in [6, 6.07) is 3.25. The molecule has 2 aromatic rings. The average Bonchev–Trinajstić information content (AvgIpc) is 3.33. The molecule has 1 saturated carbocycles. The third-order valence-electron chi connectivity index (χ3n) is 6.78. The van der Waals surface area contributed by atoms with Crippen molar-refractivity contribution in [2.24, 2.45) is 0 Å². The molecule has 2 fully saturated rings. The fourth-order valence-electron chi connectivity index (χ4n) is 4.10. The van der Waals surface area contributed by atoms with Crippen LogP contribution in [0.15, 0.2) is 18.3 Å².